The molecule has 0 nitrogen and oxygen atoms in total. The minimum Gasteiger partial charge on any atom is -0.0995 e. The van der Waals surface area contributed by atoms with E-state index in [-0.39, 0.29) is 0 Å². The normalized spacial score (nSPS) is 15.7. The van der Waals surface area contributed by atoms with Gasteiger partial charge in [-0.2, -0.15) is 0 Å². The van der Waals surface area contributed by atoms with Crippen LogP contribution in [-0.2, 0) is 12.8 Å². The Kier molecular flexibility index (Phi) is 2.77. The van der Waals surface area contributed by atoms with Gasteiger partial charge >= 0.3 is 0 Å². The van der Waals surface area contributed by atoms with Crippen molar-refractivity contribution in [3.8, 4) is 0 Å². The second-order valence-electron chi connectivity index (χ2n) is 4.54. The standard InChI is InChI=1S/C15H18/c1-11(2)13-7-8-15-9-12(3)5-4-6-14(15)10-13/h7-8,10H,1,3-6,9H2,2H3. The summed E-state index contributed by atoms with van der Waals surface area (Å²) in [5.74, 6) is 0. The van der Waals surface area contributed by atoms with Gasteiger partial charge in [-0.15, -0.1) is 0 Å². The molecule has 1 aliphatic carbocycles. The van der Waals surface area contributed by atoms with Crippen LogP contribution in [0.4, 0.5) is 0 Å². The Balaban J connectivity index is 2.40. The van der Waals surface area contributed by atoms with Crippen molar-refractivity contribution in [1.82, 2.24) is 0 Å². The lowest BCUT2D eigenvalue weighted by atomic mass is 9.97. The smallest absolute Gasteiger partial charge is 0.00671 e. The van der Waals surface area contributed by atoms with E-state index in [0.29, 0.717) is 0 Å². The minimum atomic E-state index is 1.06. The summed E-state index contributed by atoms with van der Waals surface area (Å²) in [5.41, 5.74) is 6.76. The summed E-state index contributed by atoms with van der Waals surface area (Å²) in [4.78, 5) is 0. The second-order valence-corrected chi connectivity index (χ2v) is 4.54. The predicted molar refractivity (Wildman–Crippen MR) is 66.9 cm³/mol. The summed E-state index contributed by atoms with van der Waals surface area (Å²) in [7, 11) is 0. The van der Waals surface area contributed by atoms with Crippen LogP contribution < -0.4 is 0 Å². The van der Waals surface area contributed by atoms with E-state index in [9.17, 15) is 0 Å². The van der Waals surface area contributed by atoms with Crippen LogP contribution in [0.1, 0.15) is 36.5 Å². The summed E-state index contributed by atoms with van der Waals surface area (Å²) in [5, 5.41) is 0. The average molecular weight is 198 g/mol. The molecule has 0 bridgehead atoms. The second kappa shape index (κ2) is 4.06. The van der Waals surface area contributed by atoms with Crippen molar-refractivity contribution >= 4 is 5.57 Å². The van der Waals surface area contributed by atoms with Crippen molar-refractivity contribution < 1.29 is 0 Å². The first-order valence-corrected chi connectivity index (χ1v) is 5.61. The third kappa shape index (κ3) is 2.20. The van der Waals surface area contributed by atoms with Crippen LogP contribution in [-0.4, -0.2) is 0 Å². The van der Waals surface area contributed by atoms with Crippen LogP contribution in [0.15, 0.2) is 36.9 Å². The van der Waals surface area contributed by atoms with Crippen LogP contribution in [0.2, 0.25) is 0 Å². The predicted octanol–water partition coefficient (Wildman–Crippen LogP) is 4.15. The van der Waals surface area contributed by atoms with Crippen molar-refractivity contribution in [2.45, 2.75) is 32.6 Å². The molecule has 78 valence electrons. The van der Waals surface area contributed by atoms with E-state index < -0.39 is 0 Å². The largest absolute Gasteiger partial charge is 0.0995 e. The molecule has 0 radical (unpaired) electrons. The first-order valence-electron chi connectivity index (χ1n) is 5.61. The Morgan fingerprint density at radius 2 is 2.00 bits per heavy atom. The Labute approximate surface area is 92.3 Å². The molecule has 0 aromatic heterocycles. The molecule has 1 aromatic carbocycles. The van der Waals surface area contributed by atoms with Gasteiger partial charge in [0.2, 0.25) is 0 Å². The molecule has 0 spiro atoms. The molecule has 0 heterocycles. The van der Waals surface area contributed by atoms with E-state index in [4.69, 9.17) is 0 Å². The van der Waals surface area contributed by atoms with Crippen LogP contribution in [0.5, 0.6) is 0 Å². The lowest BCUT2D eigenvalue weighted by molar-refractivity contribution is 0.828. The average Bonchev–Trinajstić information content (AvgIpc) is 2.37. The number of fused-ring (bicyclic) bond motifs is 1. The van der Waals surface area contributed by atoms with Gasteiger partial charge in [-0.3, -0.25) is 0 Å². The fourth-order valence-electron chi connectivity index (χ4n) is 2.18. The number of aryl methyl sites for hydroxylation is 1. The maximum Gasteiger partial charge on any atom is -0.00671 e. The van der Waals surface area contributed by atoms with Gasteiger partial charge < -0.3 is 0 Å². The quantitative estimate of drug-likeness (QED) is 0.469. The monoisotopic (exact) mass is 198 g/mol. The summed E-state index contributed by atoms with van der Waals surface area (Å²) >= 11 is 0. The molecule has 0 aliphatic heterocycles. The fraction of sp³-hybridized carbons (Fsp3) is 0.333. The summed E-state index contributed by atoms with van der Waals surface area (Å²) in [6.07, 6.45) is 4.67. The van der Waals surface area contributed by atoms with Gasteiger partial charge in [0.15, 0.2) is 0 Å². The fourth-order valence-corrected chi connectivity index (χ4v) is 2.18. The minimum absolute atomic E-state index is 1.06. The molecule has 0 amide bonds. The van der Waals surface area contributed by atoms with Crippen LogP contribution in [0.25, 0.3) is 5.57 Å². The molecular formula is C15H18. The molecule has 0 unspecified atom stereocenters. The van der Waals surface area contributed by atoms with E-state index in [1.165, 1.54) is 41.5 Å². The van der Waals surface area contributed by atoms with E-state index in [2.05, 4.69) is 38.3 Å². The topological polar surface area (TPSA) is 0 Å². The van der Waals surface area contributed by atoms with E-state index in [1.807, 2.05) is 0 Å². The zero-order valence-electron chi connectivity index (χ0n) is 9.47. The third-order valence-corrected chi connectivity index (χ3v) is 3.12. The first kappa shape index (κ1) is 10.2. The highest BCUT2D eigenvalue weighted by atomic mass is 14.2. The van der Waals surface area contributed by atoms with Crippen molar-refractivity contribution in [3.63, 3.8) is 0 Å². The lowest BCUT2D eigenvalue weighted by Gasteiger charge is -2.08. The maximum atomic E-state index is 4.11. The van der Waals surface area contributed by atoms with Gasteiger partial charge in [0.05, 0.1) is 0 Å². The Hall–Kier alpha value is -1.30. The SMILES string of the molecule is C=C1CCCc2cc(C(=C)C)ccc2C1. The van der Waals surface area contributed by atoms with Crippen molar-refractivity contribution in [2.24, 2.45) is 0 Å². The highest BCUT2D eigenvalue weighted by molar-refractivity contribution is 5.62. The zero-order chi connectivity index (χ0) is 10.8. The van der Waals surface area contributed by atoms with Crippen molar-refractivity contribution in [2.75, 3.05) is 0 Å². The van der Waals surface area contributed by atoms with Gasteiger partial charge in [-0.05, 0) is 49.3 Å². The molecule has 15 heavy (non-hydrogen) atoms. The summed E-state index contributed by atoms with van der Waals surface area (Å²) < 4.78 is 0. The number of rotatable bonds is 1. The van der Waals surface area contributed by atoms with Crippen molar-refractivity contribution in [3.05, 3.63) is 53.6 Å². The molecule has 1 aromatic rings. The Morgan fingerprint density at radius 1 is 1.20 bits per heavy atom. The first-order chi connectivity index (χ1) is 7.16. The number of hydrogen-bond donors (Lipinski definition) is 0. The highest BCUT2D eigenvalue weighted by Gasteiger charge is 2.10. The molecule has 0 heteroatoms. The highest BCUT2D eigenvalue weighted by Crippen LogP contribution is 2.25. The van der Waals surface area contributed by atoms with Crippen LogP contribution in [0, 0.1) is 0 Å². The van der Waals surface area contributed by atoms with Crippen LogP contribution >= 0.6 is 0 Å². The third-order valence-electron chi connectivity index (χ3n) is 3.12. The van der Waals surface area contributed by atoms with E-state index >= 15 is 0 Å². The zero-order valence-corrected chi connectivity index (χ0v) is 9.47. The summed E-state index contributed by atoms with van der Waals surface area (Å²) in [6, 6.07) is 6.73. The molecule has 0 saturated carbocycles. The number of allylic oxidation sites excluding steroid dienone is 2. The Morgan fingerprint density at radius 3 is 2.73 bits per heavy atom. The lowest BCUT2D eigenvalue weighted by Crippen LogP contribution is -1.93. The van der Waals surface area contributed by atoms with E-state index in [1.54, 1.807) is 0 Å². The van der Waals surface area contributed by atoms with Crippen LogP contribution in [0.3, 0.4) is 0 Å². The maximum absolute atomic E-state index is 4.11. The molecular weight excluding hydrogens is 180 g/mol. The molecule has 0 fully saturated rings. The molecule has 0 N–H and O–H groups in total. The van der Waals surface area contributed by atoms with Gasteiger partial charge in [-0.25, -0.2) is 0 Å². The van der Waals surface area contributed by atoms with Gasteiger partial charge in [0.1, 0.15) is 0 Å². The van der Waals surface area contributed by atoms with Crippen molar-refractivity contribution in [1.29, 1.82) is 0 Å². The number of hydrogen-bond acceptors (Lipinski definition) is 0. The molecule has 0 atom stereocenters. The number of benzene rings is 1. The Bertz CT molecular complexity index is 410. The molecule has 2 rings (SSSR count). The van der Waals surface area contributed by atoms with Gasteiger partial charge in [-0.1, -0.05) is 42.5 Å². The van der Waals surface area contributed by atoms with Gasteiger partial charge in [0.25, 0.3) is 0 Å². The van der Waals surface area contributed by atoms with Gasteiger partial charge in [0, 0.05) is 0 Å². The molecule has 1 aliphatic rings. The molecule has 0 saturated heterocycles. The van der Waals surface area contributed by atoms with E-state index in [0.717, 1.165) is 12.0 Å². The summed E-state index contributed by atoms with van der Waals surface area (Å²) in [6.45, 7) is 10.2.